The van der Waals surface area contributed by atoms with Crippen LogP contribution in [0.15, 0.2) is 10.6 Å². The number of hydrogen-bond acceptors (Lipinski definition) is 9. The summed E-state index contributed by atoms with van der Waals surface area (Å²) in [6.45, 7) is 6.67. The minimum Gasteiger partial charge on any atom is -0.388 e. The molecule has 0 spiro atoms. The minimum atomic E-state index is -1.33. The normalized spacial score (nSPS) is 33.8. The topological polar surface area (TPSA) is 137 Å². The lowest BCUT2D eigenvalue weighted by Crippen LogP contribution is -2.65. The first-order chi connectivity index (χ1) is 15.7. The largest absolute Gasteiger partial charge is 0.388 e. The number of carbonyl (C=O) groups excluding carboxylic acids is 1. The van der Waals surface area contributed by atoms with Crippen LogP contribution >= 0.6 is 11.8 Å². The molecule has 8 atom stereocenters. The maximum Gasteiger partial charge on any atom is 0.237 e. The summed E-state index contributed by atoms with van der Waals surface area (Å²) >= 11 is 1.27. The predicted octanol–water partition coefficient (Wildman–Crippen LogP) is 0.849. The summed E-state index contributed by atoms with van der Waals surface area (Å²) in [6, 6.07) is 1.16. The van der Waals surface area contributed by atoms with Crippen molar-refractivity contribution >= 4 is 17.7 Å². The van der Waals surface area contributed by atoms with Gasteiger partial charge in [0.25, 0.3) is 0 Å². The average molecular weight is 486 g/mol. The van der Waals surface area contributed by atoms with Gasteiger partial charge in [-0.15, -0.1) is 11.8 Å². The van der Waals surface area contributed by atoms with Gasteiger partial charge in [-0.2, -0.15) is 0 Å². The molecule has 1 amide bonds. The summed E-state index contributed by atoms with van der Waals surface area (Å²) in [5.74, 6) is 1.11. The van der Waals surface area contributed by atoms with E-state index in [4.69, 9.17) is 9.26 Å². The standard InChI is InChI=1S/C23H39N3O6S/c1-5-15-11-14(26-32-15)7-6-13-8-9-24-16(10-13)22(30)25-17(12(2)3)21-19(28)18(27)20(29)23(31-21)33-4/h11-13,16-21,23-24,27-29H,5-10H2,1-4H3,(H,25,30)/t13-,16+,17-,18+,19-,20-,21-,23-/m1/s1. The first kappa shape index (κ1) is 26.4. The van der Waals surface area contributed by atoms with Gasteiger partial charge in [-0.05, 0) is 50.3 Å². The molecule has 0 unspecified atom stereocenters. The molecule has 33 heavy (non-hydrogen) atoms. The monoisotopic (exact) mass is 485 g/mol. The molecule has 2 aliphatic rings. The molecule has 0 saturated carbocycles. The Kier molecular flexibility index (Phi) is 9.61. The number of aryl methyl sites for hydroxylation is 2. The number of thioether (sulfide) groups is 1. The maximum absolute atomic E-state index is 13.2. The van der Waals surface area contributed by atoms with Crippen LogP contribution in [0.2, 0.25) is 0 Å². The predicted molar refractivity (Wildman–Crippen MR) is 126 cm³/mol. The second kappa shape index (κ2) is 12.0. The van der Waals surface area contributed by atoms with E-state index in [2.05, 4.69) is 15.8 Å². The van der Waals surface area contributed by atoms with Crippen molar-refractivity contribution in [3.05, 3.63) is 17.5 Å². The summed E-state index contributed by atoms with van der Waals surface area (Å²) in [5.41, 5.74) is 0.285. The fraction of sp³-hybridized carbons (Fsp3) is 0.826. The van der Waals surface area contributed by atoms with Crippen LogP contribution < -0.4 is 10.6 Å². The molecule has 0 radical (unpaired) electrons. The Morgan fingerprint density at radius 3 is 2.70 bits per heavy atom. The van der Waals surface area contributed by atoms with Crippen molar-refractivity contribution in [1.29, 1.82) is 0 Å². The van der Waals surface area contributed by atoms with Crippen molar-refractivity contribution in [2.24, 2.45) is 11.8 Å². The number of rotatable bonds is 9. The van der Waals surface area contributed by atoms with E-state index < -0.39 is 35.9 Å². The quantitative estimate of drug-likeness (QED) is 0.345. The number of nitrogens with one attached hydrogen (secondary N) is 2. The van der Waals surface area contributed by atoms with Crippen molar-refractivity contribution < 1.29 is 29.4 Å². The maximum atomic E-state index is 13.2. The van der Waals surface area contributed by atoms with E-state index in [1.165, 1.54) is 11.8 Å². The van der Waals surface area contributed by atoms with Crippen molar-refractivity contribution in [3.8, 4) is 0 Å². The zero-order chi connectivity index (χ0) is 24.1. The van der Waals surface area contributed by atoms with Gasteiger partial charge < -0.3 is 35.2 Å². The lowest BCUT2D eigenvalue weighted by Gasteiger charge is -2.44. The third-order valence-corrected chi connectivity index (χ3v) is 7.67. The number of aromatic nitrogens is 1. The lowest BCUT2D eigenvalue weighted by molar-refractivity contribution is -0.208. The SMILES string of the molecule is CCc1cc(CC[C@@H]2CCN[C@H](C(=O)N[C@H](C(C)C)[C@H]3O[C@H](SC)[C@H](O)[C@@H](O)[C@H]3O)C2)no1. The molecule has 1 aromatic heterocycles. The van der Waals surface area contributed by atoms with Crippen LogP contribution in [-0.2, 0) is 22.4 Å². The van der Waals surface area contributed by atoms with E-state index >= 15 is 0 Å². The summed E-state index contributed by atoms with van der Waals surface area (Å²) < 4.78 is 11.2. The molecule has 1 aromatic rings. The number of piperidine rings is 1. The Morgan fingerprint density at radius 2 is 2.06 bits per heavy atom. The van der Waals surface area contributed by atoms with Crippen molar-refractivity contribution in [1.82, 2.24) is 15.8 Å². The molecule has 9 nitrogen and oxygen atoms in total. The van der Waals surface area contributed by atoms with E-state index in [0.29, 0.717) is 5.92 Å². The van der Waals surface area contributed by atoms with Gasteiger partial charge in [0.05, 0.1) is 17.8 Å². The fourth-order valence-corrected chi connectivity index (χ4v) is 5.39. The molecule has 2 fully saturated rings. The van der Waals surface area contributed by atoms with E-state index in [9.17, 15) is 20.1 Å². The smallest absolute Gasteiger partial charge is 0.237 e. The first-order valence-electron chi connectivity index (χ1n) is 12.0. The average Bonchev–Trinajstić information content (AvgIpc) is 3.28. The molecule has 2 saturated heterocycles. The number of hydrogen-bond donors (Lipinski definition) is 5. The first-order valence-corrected chi connectivity index (χ1v) is 13.2. The fourth-order valence-electron chi connectivity index (χ4n) is 4.71. The number of amides is 1. The Labute approximate surface area is 200 Å². The second-order valence-corrected chi connectivity index (χ2v) is 10.5. The molecule has 2 aliphatic heterocycles. The van der Waals surface area contributed by atoms with Crippen LogP contribution in [0.5, 0.6) is 0 Å². The van der Waals surface area contributed by atoms with Gasteiger partial charge >= 0.3 is 0 Å². The highest BCUT2D eigenvalue weighted by Crippen LogP contribution is 2.30. The van der Waals surface area contributed by atoms with E-state index in [0.717, 1.165) is 50.1 Å². The van der Waals surface area contributed by atoms with Crippen LogP contribution in [0.25, 0.3) is 0 Å². The van der Waals surface area contributed by atoms with Gasteiger partial charge in [0, 0.05) is 12.5 Å². The van der Waals surface area contributed by atoms with Gasteiger partial charge in [-0.3, -0.25) is 4.79 Å². The van der Waals surface area contributed by atoms with Crippen molar-refractivity contribution in [3.63, 3.8) is 0 Å². The van der Waals surface area contributed by atoms with Gasteiger partial charge in [0.2, 0.25) is 5.91 Å². The van der Waals surface area contributed by atoms with Crippen LogP contribution in [0, 0.1) is 11.8 Å². The third-order valence-electron chi connectivity index (χ3n) is 6.81. The van der Waals surface area contributed by atoms with E-state index in [1.807, 2.05) is 26.8 Å². The summed E-state index contributed by atoms with van der Waals surface area (Å²) in [4.78, 5) is 13.2. The number of aliphatic hydroxyl groups excluding tert-OH is 3. The van der Waals surface area contributed by atoms with Crippen LogP contribution in [-0.4, -0.2) is 81.1 Å². The molecule has 3 heterocycles. The Morgan fingerprint density at radius 1 is 1.30 bits per heavy atom. The van der Waals surface area contributed by atoms with Gasteiger partial charge in [-0.1, -0.05) is 25.9 Å². The number of ether oxygens (including phenoxy) is 1. The summed E-state index contributed by atoms with van der Waals surface area (Å²) in [7, 11) is 0. The number of nitrogens with zero attached hydrogens (tertiary/aromatic N) is 1. The Bertz CT molecular complexity index is 760. The molecule has 10 heteroatoms. The van der Waals surface area contributed by atoms with Crippen LogP contribution in [0.3, 0.4) is 0 Å². The van der Waals surface area contributed by atoms with Gasteiger partial charge in [0.1, 0.15) is 35.6 Å². The molecular formula is C23H39N3O6S. The molecular weight excluding hydrogens is 446 g/mol. The minimum absolute atomic E-state index is 0.0436. The van der Waals surface area contributed by atoms with Crippen molar-refractivity contribution in [2.45, 2.75) is 94.8 Å². The van der Waals surface area contributed by atoms with Crippen LogP contribution in [0.1, 0.15) is 51.5 Å². The Hall–Kier alpha value is -1.17. The second-order valence-electron chi connectivity index (χ2n) is 9.53. The molecule has 188 valence electrons. The third kappa shape index (κ3) is 6.49. The Balaban J connectivity index is 1.59. The molecule has 0 aromatic carbocycles. The highest BCUT2D eigenvalue weighted by Gasteiger charge is 2.47. The zero-order valence-corrected chi connectivity index (χ0v) is 20.8. The van der Waals surface area contributed by atoms with Crippen molar-refractivity contribution in [2.75, 3.05) is 12.8 Å². The molecule has 3 rings (SSSR count). The number of aliphatic hydroxyl groups is 3. The highest BCUT2D eigenvalue weighted by molar-refractivity contribution is 7.99. The van der Waals surface area contributed by atoms with Gasteiger partial charge in [0.15, 0.2) is 0 Å². The number of carbonyl (C=O) groups is 1. The lowest BCUT2D eigenvalue weighted by atomic mass is 9.86. The van der Waals surface area contributed by atoms with E-state index in [1.54, 1.807) is 6.26 Å². The summed E-state index contributed by atoms with van der Waals surface area (Å²) in [5, 5.41) is 41.5. The van der Waals surface area contributed by atoms with E-state index in [-0.39, 0.29) is 17.9 Å². The molecule has 0 bridgehead atoms. The van der Waals surface area contributed by atoms with Crippen LogP contribution in [0.4, 0.5) is 0 Å². The molecule has 5 N–H and O–H groups in total. The molecule has 0 aliphatic carbocycles. The van der Waals surface area contributed by atoms with Gasteiger partial charge in [-0.25, -0.2) is 0 Å². The highest BCUT2D eigenvalue weighted by atomic mass is 32.2. The summed E-state index contributed by atoms with van der Waals surface area (Å²) in [6.07, 6.45) is 1.46. The zero-order valence-electron chi connectivity index (χ0n) is 19.9.